The molecule has 0 saturated heterocycles. The third-order valence-electron chi connectivity index (χ3n) is 1.34. The van der Waals surface area contributed by atoms with Crippen LogP contribution in [-0.2, 0) is 0 Å². The van der Waals surface area contributed by atoms with Crippen molar-refractivity contribution in [2.75, 3.05) is 6.54 Å². The second-order valence-corrected chi connectivity index (χ2v) is 2.31. The van der Waals surface area contributed by atoms with Gasteiger partial charge in [0.15, 0.2) is 0 Å². The molecule has 0 saturated carbocycles. The standard InChI is InChI=1S/C8H15N/c1-3-4-5-6-8(2)7-9/h8H,5-7,9H2,1-2H3. The fourth-order valence-electron chi connectivity index (χ4n) is 0.561. The van der Waals surface area contributed by atoms with E-state index in [9.17, 15) is 0 Å². The maximum atomic E-state index is 5.41. The molecule has 0 heterocycles. The van der Waals surface area contributed by atoms with Crippen molar-refractivity contribution in [1.82, 2.24) is 0 Å². The van der Waals surface area contributed by atoms with Gasteiger partial charge in [0.05, 0.1) is 0 Å². The predicted molar refractivity (Wildman–Crippen MR) is 40.9 cm³/mol. The Morgan fingerprint density at radius 3 is 2.67 bits per heavy atom. The van der Waals surface area contributed by atoms with E-state index in [1.54, 1.807) is 0 Å². The minimum atomic E-state index is 0.630. The lowest BCUT2D eigenvalue weighted by Gasteiger charge is -2.02. The van der Waals surface area contributed by atoms with Crippen LogP contribution in [0.3, 0.4) is 0 Å². The largest absolute Gasteiger partial charge is 0.330 e. The molecule has 1 heteroatoms. The van der Waals surface area contributed by atoms with Crippen LogP contribution in [0.1, 0.15) is 26.7 Å². The molecule has 1 unspecified atom stereocenters. The highest BCUT2D eigenvalue weighted by molar-refractivity contribution is 4.94. The summed E-state index contributed by atoms with van der Waals surface area (Å²) in [4.78, 5) is 0. The van der Waals surface area contributed by atoms with E-state index in [1.165, 1.54) is 0 Å². The summed E-state index contributed by atoms with van der Waals surface area (Å²) in [6.45, 7) is 4.80. The van der Waals surface area contributed by atoms with Gasteiger partial charge in [0, 0.05) is 6.42 Å². The summed E-state index contributed by atoms with van der Waals surface area (Å²) in [6, 6.07) is 0. The molecule has 0 spiro atoms. The van der Waals surface area contributed by atoms with E-state index >= 15 is 0 Å². The van der Waals surface area contributed by atoms with Crippen molar-refractivity contribution >= 4 is 0 Å². The lowest BCUT2D eigenvalue weighted by molar-refractivity contribution is 0.555. The molecule has 0 aromatic carbocycles. The summed E-state index contributed by atoms with van der Waals surface area (Å²) in [5, 5.41) is 0. The minimum absolute atomic E-state index is 0.630. The first-order valence-electron chi connectivity index (χ1n) is 3.41. The van der Waals surface area contributed by atoms with Crippen LogP contribution in [0.5, 0.6) is 0 Å². The summed E-state index contributed by atoms with van der Waals surface area (Å²) in [5.74, 6) is 6.49. The Morgan fingerprint density at radius 1 is 1.56 bits per heavy atom. The van der Waals surface area contributed by atoms with Crippen molar-refractivity contribution in [3.05, 3.63) is 0 Å². The third-order valence-corrected chi connectivity index (χ3v) is 1.34. The molecule has 0 bridgehead atoms. The van der Waals surface area contributed by atoms with Crippen molar-refractivity contribution < 1.29 is 0 Å². The second-order valence-electron chi connectivity index (χ2n) is 2.31. The Labute approximate surface area is 57.6 Å². The van der Waals surface area contributed by atoms with E-state index in [0.717, 1.165) is 19.4 Å². The lowest BCUT2D eigenvalue weighted by atomic mass is 10.1. The van der Waals surface area contributed by atoms with Crippen LogP contribution in [0.15, 0.2) is 0 Å². The molecule has 52 valence electrons. The van der Waals surface area contributed by atoms with Crippen LogP contribution in [0, 0.1) is 17.8 Å². The zero-order valence-electron chi connectivity index (χ0n) is 6.28. The average Bonchev–Trinajstić information content (AvgIpc) is 1.89. The van der Waals surface area contributed by atoms with Gasteiger partial charge in [0.1, 0.15) is 0 Å². The van der Waals surface area contributed by atoms with Gasteiger partial charge in [-0.05, 0) is 25.8 Å². The fraction of sp³-hybridized carbons (Fsp3) is 0.750. The zero-order chi connectivity index (χ0) is 7.11. The summed E-state index contributed by atoms with van der Waals surface area (Å²) >= 11 is 0. The lowest BCUT2D eigenvalue weighted by Crippen LogP contribution is -2.09. The Morgan fingerprint density at radius 2 is 2.22 bits per heavy atom. The highest BCUT2D eigenvalue weighted by atomic mass is 14.5. The Balaban J connectivity index is 3.13. The highest BCUT2D eigenvalue weighted by Gasteiger charge is 1.94. The normalized spacial score (nSPS) is 11.9. The molecule has 0 aliphatic rings. The third kappa shape index (κ3) is 5.39. The zero-order valence-corrected chi connectivity index (χ0v) is 6.28. The van der Waals surface area contributed by atoms with Crippen molar-refractivity contribution in [2.45, 2.75) is 26.7 Å². The van der Waals surface area contributed by atoms with Gasteiger partial charge in [-0.15, -0.1) is 11.8 Å². The van der Waals surface area contributed by atoms with Crippen LogP contribution in [0.4, 0.5) is 0 Å². The molecule has 1 nitrogen and oxygen atoms in total. The number of hydrogen-bond donors (Lipinski definition) is 1. The first-order chi connectivity index (χ1) is 4.31. The second kappa shape index (κ2) is 5.65. The van der Waals surface area contributed by atoms with Gasteiger partial charge in [-0.3, -0.25) is 0 Å². The number of nitrogens with two attached hydrogens (primary N) is 1. The van der Waals surface area contributed by atoms with Gasteiger partial charge in [0.25, 0.3) is 0 Å². The molecule has 0 rings (SSSR count). The summed E-state index contributed by atoms with van der Waals surface area (Å²) in [7, 11) is 0. The van der Waals surface area contributed by atoms with Crippen molar-refractivity contribution in [1.29, 1.82) is 0 Å². The van der Waals surface area contributed by atoms with Crippen LogP contribution in [0.2, 0.25) is 0 Å². The molecule has 1 atom stereocenters. The van der Waals surface area contributed by atoms with Crippen LogP contribution in [-0.4, -0.2) is 6.54 Å². The minimum Gasteiger partial charge on any atom is -0.330 e. The Kier molecular flexibility index (Phi) is 5.35. The average molecular weight is 125 g/mol. The molecule has 0 aliphatic heterocycles. The summed E-state index contributed by atoms with van der Waals surface area (Å²) in [6.07, 6.45) is 2.13. The molecular weight excluding hydrogens is 110 g/mol. The molecule has 2 N–H and O–H groups in total. The van der Waals surface area contributed by atoms with Crippen LogP contribution < -0.4 is 5.73 Å². The molecule has 0 radical (unpaired) electrons. The predicted octanol–water partition coefficient (Wildman–Crippen LogP) is 1.38. The van der Waals surface area contributed by atoms with Crippen LogP contribution in [0.25, 0.3) is 0 Å². The van der Waals surface area contributed by atoms with E-state index in [4.69, 9.17) is 5.73 Å². The molecule has 0 aliphatic carbocycles. The maximum Gasteiger partial charge on any atom is 0.00915 e. The first-order valence-corrected chi connectivity index (χ1v) is 3.41. The fourth-order valence-corrected chi connectivity index (χ4v) is 0.561. The monoisotopic (exact) mass is 125 g/mol. The van der Waals surface area contributed by atoms with Crippen molar-refractivity contribution in [2.24, 2.45) is 11.7 Å². The van der Waals surface area contributed by atoms with E-state index in [0.29, 0.717) is 5.92 Å². The molecular formula is C8H15N. The molecule has 0 fully saturated rings. The first kappa shape index (κ1) is 8.52. The molecule has 9 heavy (non-hydrogen) atoms. The van der Waals surface area contributed by atoms with E-state index in [2.05, 4.69) is 18.8 Å². The Bertz CT molecular complexity index is 107. The van der Waals surface area contributed by atoms with E-state index in [-0.39, 0.29) is 0 Å². The van der Waals surface area contributed by atoms with Crippen LogP contribution >= 0.6 is 0 Å². The summed E-state index contributed by atoms with van der Waals surface area (Å²) < 4.78 is 0. The van der Waals surface area contributed by atoms with Gasteiger partial charge in [-0.2, -0.15) is 0 Å². The van der Waals surface area contributed by atoms with E-state index < -0.39 is 0 Å². The van der Waals surface area contributed by atoms with Crippen molar-refractivity contribution in [3.63, 3.8) is 0 Å². The van der Waals surface area contributed by atoms with Gasteiger partial charge in [0.2, 0.25) is 0 Å². The molecule has 0 amide bonds. The maximum absolute atomic E-state index is 5.41. The molecule has 0 aromatic heterocycles. The number of hydrogen-bond acceptors (Lipinski definition) is 1. The van der Waals surface area contributed by atoms with Gasteiger partial charge >= 0.3 is 0 Å². The van der Waals surface area contributed by atoms with Gasteiger partial charge in [-0.25, -0.2) is 0 Å². The van der Waals surface area contributed by atoms with Gasteiger partial charge in [-0.1, -0.05) is 6.92 Å². The smallest absolute Gasteiger partial charge is 0.00915 e. The Hall–Kier alpha value is -0.480. The summed E-state index contributed by atoms with van der Waals surface area (Å²) in [5.41, 5.74) is 5.41. The molecule has 0 aromatic rings. The van der Waals surface area contributed by atoms with Gasteiger partial charge < -0.3 is 5.73 Å². The van der Waals surface area contributed by atoms with E-state index in [1.807, 2.05) is 6.92 Å². The number of rotatable bonds is 3. The SMILES string of the molecule is CC#CCCC(C)CN. The van der Waals surface area contributed by atoms with Crippen molar-refractivity contribution in [3.8, 4) is 11.8 Å². The highest BCUT2D eigenvalue weighted by Crippen LogP contribution is 2.00. The quantitative estimate of drug-likeness (QED) is 0.567. The topological polar surface area (TPSA) is 26.0 Å².